The third kappa shape index (κ3) is 7.79. The number of amides is 1. The molecule has 1 fully saturated rings. The number of ether oxygens (including phenoxy) is 1. The minimum Gasteiger partial charge on any atom is -0.484 e. The van der Waals surface area contributed by atoms with Gasteiger partial charge in [0.05, 0.1) is 12.2 Å². The van der Waals surface area contributed by atoms with Crippen LogP contribution in [0.25, 0.3) is 0 Å². The van der Waals surface area contributed by atoms with E-state index in [-0.39, 0.29) is 31.4 Å². The molecule has 1 unspecified atom stereocenters. The molecule has 0 bridgehead atoms. The molecule has 190 valence electrons. The van der Waals surface area contributed by atoms with E-state index in [1.54, 1.807) is 17.0 Å². The Hall–Kier alpha value is -3.44. The molecule has 2 aromatic carbocycles. The molecule has 3 rings (SSSR count). The predicted octanol–water partition coefficient (Wildman–Crippen LogP) is 2.05. The number of carbonyl (C=O) groups is 1. The molecule has 3 N–H and O–H groups in total. The fraction of sp³-hybridized carbons (Fsp3) is 0.458. The highest BCUT2D eigenvalue weighted by Crippen LogP contribution is 2.24. The first-order valence-corrected chi connectivity index (χ1v) is 11.5. The van der Waals surface area contributed by atoms with Gasteiger partial charge in [-0.05, 0) is 50.0 Å². The Morgan fingerprint density at radius 3 is 2.49 bits per heavy atom. The second-order valence-corrected chi connectivity index (χ2v) is 8.62. The lowest BCUT2D eigenvalue weighted by molar-refractivity contribution is -0.133. The zero-order valence-corrected chi connectivity index (χ0v) is 20.2. The second-order valence-electron chi connectivity index (χ2n) is 8.62. The molecule has 0 spiro atoms. The maximum atomic E-state index is 14.7. The van der Waals surface area contributed by atoms with Crippen molar-refractivity contribution in [3.8, 4) is 5.75 Å². The topological polar surface area (TPSA) is 113 Å². The van der Waals surface area contributed by atoms with E-state index >= 15 is 0 Å². The number of hydrogen-bond acceptors (Lipinski definition) is 9. The molecule has 0 radical (unpaired) electrons. The van der Waals surface area contributed by atoms with Crippen LogP contribution in [0.5, 0.6) is 5.75 Å². The summed E-state index contributed by atoms with van der Waals surface area (Å²) in [5, 5.41) is 5.36. The van der Waals surface area contributed by atoms with E-state index in [0.29, 0.717) is 43.3 Å². The number of piperazine rings is 1. The van der Waals surface area contributed by atoms with Gasteiger partial charge >= 0.3 is 0 Å². The fourth-order valence-electron chi connectivity index (χ4n) is 3.82. The zero-order chi connectivity index (χ0) is 25.2. The number of halogens is 1. The van der Waals surface area contributed by atoms with E-state index in [9.17, 15) is 14.1 Å². The van der Waals surface area contributed by atoms with Crippen molar-refractivity contribution in [1.82, 2.24) is 9.80 Å². The van der Waals surface area contributed by atoms with Gasteiger partial charge in [-0.1, -0.05) is 12.1 Å². The van der Waals surface area contributed by atoms with Crippen molar-refractivity contribution in [1.29, 1.82) is 0 Å². The summed E-state index contributed by atoms with van der Waals surface area (Å²) in [6.07, 6.45) is -0.590. The Morgan fingerprint density at radius 2 is 1.89 bits per heavy atom. The third-order valence-electron chi connectivity index (χ3n) is 5.69. The molecule has 1 amide bonds. The highest BCUT2D eigenvalue weighted by atomic mass is 19.1. The molecule has 1 atom stereocenters. The maximum absolute atomic E-state index is 14.7. The molecule has 10 nitrogen and oxygen atoms in total. The van der Waals surface area contributed by atoms with Crippen molar-refractivity contribution in [3.05, 3.63) is 58.8 Å². The summed E-state index contributed by atoms with van der Waals surface area (Å²) in [6, 6.07) is 12.5. The molecule has 1 aliphatic rings. The summed E-state index contributed by atoms with van der Waals surface area (Å²) in [7, 11) is 4.02. The Balaban J connectivity index is 1.45. The van der Waals surface area contributed by atoms with Gasteiger partial charge < -0.3 is 35.3 Å². The van der Waals surface area contributed by atoms with Gasteiger partial charge in [-0.15, -0.1) is 4.91 Å². The normalized spacial score (nSPS) is 14.5. The van der Waals surface area contributed by atoms with Crippen molar-refractivity contribution < 1.29 is 18.8 Å². The average Bonchev–Trinajstić information content (AvgIpc) is 2.86. The van der Waals surface area contributed by atoms with Crippen molar-refractivity contribution in [2.45, 2.75) is 12.6 Å². The first-order valence-electron chi connectivity index (χ1n) is 11.5. The number of hydrogen-bond donors (Lipinski definition) is 2. The molecule has 1 heterocycles. The van der Waals surface area contributed by atoms with Gasteiger partial charge in [0, 0.05) is 45.0 Å². The van der Waals surface area contributed by atoms with Gasteiger partial charge in [-0.25, -0.2) is 4.39 Å². The maximum Gasteiger partial charge on any atom is 0.260 e. The van der Waals surface area contributed by atoms with Crippen LogP contribution < -0.4 is 20.7 Å². The Kier molecular flexibility index (Phi) is 9.62. The molecule has 1 saturated heterocycles. The van der Waals surface area contributed by atoms with Crippen molar-refractivity contribution in [2.75, 3.05) is 70.2 Å². The molecule has 11 heteroatoms. The lowest BCUT2D eigenvalue weighted by atomic mass is 10.2. The minimum absolute atomic E-state index is 0.0329. The third-order valence-corrected chi connectivity index (χ3v) is 5.69. The zero-order valence-electron chi connectivity index (χ0n) is 20.2. The summed E-state index contributed by atoms with van der Waals surface area (Å²) in [4.78, 5) is 33.1. The number of nitrogens with one attached hydrogen (secondary N) is 1. The van der Waals surface area contributed by atoms with Crippen LogP contribution in [-0.4, -0.2) is 81.8 Å². The van der Waals surface area contributed by atoms with Crippen LogP contribution in [0.15, 0.2) is 47.8 Å². The Labute approximate surface area is 204 Å². The molecular formula is C24H33FN6O4. The molecular weight excluding hydrogens is 455 g/mol. The van der Waals surface area contributed by atoms with E-state index in [4.69, 9.17) is 10.5 Å². The summed E-state index contributed by atoms with van der Waals surface area (Å²) < 4.78 is 20.4. The van der Waals surface area contributed by atoms with Crippen molar-refractivity contribution in [3.63, 3.8) is 0 Å². The van der Waals surface area contributed by atoms with Crippen LogP contribution >= 0.6 is 0 Å². The van der Waals surface area contributed by atoms with Gasteiger partial charge in [0.25, 0.3) is 5.91 Å². The molecule has 35 heavy (non-hydrogen) atoms. The lowest BCUT2D eigenvalue weighted by Crippen LogP contribution is -2.50. The molecule has 1 aliphatic heterocycles. The average molecular weight is 489 g/mol. The summed E-state index contributed by atoms with van der Waals surface area (Å²) >= 11 is 0. The van der Waals surface area contributed by atoms with E-state index in [2.05, 4.69) is 20.4 Å². The summed E-state index contributed by atoms with van der Waals surface area (Å²) in [5.41, 5.74) is 7.68. The Bertz CT molecular complexity index is 967. The number of anilines is 2. The van der Waals surface area contributed by atoms with E-state index in [1.165, 1.54) is 11.6 Å². The number of benzene rings is 2. The quantitative estimate of drug-likeness (QED) is 0.345. The van der Waals surface area contributed by atoms with Crippen molar-refractivity contribution in [2.24, 2.45) is 11.1 Å². The molecule has 2 aromatic rings. The largest absolute Gasteiger partial charge is 0.484 e. The second kappa shape index (κ2) is 12.9. The van der Waals surface area contributed by atoms with E-state index in [0.717, 1.165) is 6.54 Å². The van der Waals surface area contributed by atoms with Gasteiger partial charge in [-0.3, -0.25) is 4.79 Å². The Morgan fingerprint density at radius 1 is 1.17 bits per heavy atom. The van der Waals surface area contributed by atoms with Gasteiger partial charge in [0.2, 0.25) is 0 Å². The summed E-state index contributed by atoms with van der Waals surface area (Å²) in [6.45, 7) is 3.14. The van der Waals surface area contributed by atoms with Crippen LogP contribution in [0.3, 0.4) is 0 Å². The van der Waals surface area contributed by atoms with Gasteiger partial charge in [0.15, 0.2) is 18.1 Å². The first kappa shape index (κ1) is 26.2. The number of nitrogens with two attached hydrogens (primary N) is 1. The standard InChI is InChI=1S/C24H33FN6O4/c1-29(2)16-18-3-6-20(7-4-18)34-17-24(32)31-11-9-30(10-12-31)23-8-5-19(13-22(23)25)27-15-21(14-26)35-28-33/h3-8,13,21,27H,9-12,14-17,26H2,1-2H3. The van der Waals surface area contributed by atoms with E-state index in [1.807, 2.05) is 43.3 Å². The van der Waals surface area contributed by atoms with Gasteiger partial charge in [-0.2, -0.15) is 0 Å². The highest BCUT2D eigenvalue weighted by molar-refractivity contribution is 5.78. The lowest BCUT2D eigenvalue weighted by Gasteiger charge is -2.36. The first-order chi connectivity index (χ1) is 16.9. The molecule has 0 aliphatic carbocycles. The number of rotatable bonds is 12. The van der Waals surface area contributed by atoms with Crippen LogP contribution in [0.4, 0.5) is 15.8 Å². The molecule has 0 aromatic heterocycles. The molecule has 0 saturated carbocycles. The monoisotopic (exact) mass is 488 g/mol. The van der Waals surface area contributed by atoms with E-state index < -0.39 is 6.10 Å². The summed E-state index contributed by atoms with van der Waals surface area (Å²) in [5.74, 6) is 0.181. The predicted molar refractivity (Wildman–Crippen MR) is 133 cm³/mol. The SMILES string of the molecule is CN(C)Cc1ccc(OCC(=O)N2CCN(c3ccc(NCC(CN)ON=O)cc3F)CC2)cc1. The van der Waals surface area contributed by atoms with Gasteiger partial charge in [0.1, 0.15) is 11.6 Å². The highest BCUT2D eigenvalue weighted by Gasteiger charge is 2.23. The fourth-order valence-corrected chi connectivity index (χ4v) is 3.82. The van der Waals surface area contributed by atoms with Crippen LogP contribution in [0.1, 0.15) is 5.56 Å². The van der Waals surface area contributed by atoms with Crippen LogP contribution in [-0.2, 0) is 16.2 Å². The van der Waals surface area contributed by atoms with Crippen LogP contribution in [0.2, 0.25) is 0 Å². The van der Waals surface area contributed by atoms with Crippen molar-refractivity contribution >= 4 is 17.3 Å². The van der Waals surface area contributed by atoms with Crippen LogP contribution in [0, 0.1) is 10.7 Å². The smallest absolute Gasteiger partial charge is 0.260 e. The minimum atomic E-state index is -0.590. The number of nitrogens with zero attached hydrogens (tertiary/aromatic N) is 4. The number of carbonyl (C=O) groups excluding carboxylic acids is 1.